The number of rotatable bonds is 11. The van der Waals surface area contributed by atoms with Gasteiger partial charge in [-0.25, -0.2) is 0 Å². The molecule has 0 atom stereocenters. The van der Waals surface area contributed by atoms with Crippen molar-refractivity contribution in [2.45, 2.75) is 59.0 Å². The molecule has 0 aliphatic heterocycles. The first-order valence-electron chi connectivity index (χ1n) is 7.53. The van der Waals surface area contributed by atoms with Crippen LogP contribution >= 0.6 is 15.5 Å². The van der Waals surface area contributed by atoms with Gasteiger partial charge in [0.05, 0.1) is 0 Å². The van der Waals surface area contributed by atoms with E-state index in [1.54, 1.807) is 0 Å². The molecule has 0 heterocycles. The van der Waals surface area contributed by atoms with Crippen molar-refractivity contribution >= 4 is 15.5 Å². The summed E-state index contributed by atoms with van der Waals surface area (Å²) in [6, 6.07) is 0.211. The maximum atomic E-state index is 11.9. The molecule has 21 heavy (non-hydrogen) atoms. The Hall–Kier alpha value is 0.460. The van der Waals surface area contributed by atoms with Gasteiger partial charge >= 0.3 is 129 Å². The molecule has 0 unspecified atom stereocenters. The van der Waals surface area contributed by atoms with E-state index in [-0.39, 0.29) is 12.1 Å². The first kappa shape index (κ1) is 21.5. The standard InChI is InChI=1S/C13H33NO5P2/c1-12(2)14(13(3)4)20(15,16)10-8-7-9-11-21(17,18-5)19-6/h12-13,15-16,20H,7-11H2,1-6H3. The summed E-state index contributed by atoms with van der Waals surface area (Å²) in [5, 5.41) is 0. The van der Waals surface area contributed by atoms with E-state index >= 15 is 0 Å². The molecule has 8 heteroatoms. The average molecular weight is 345 g/mol. The van der Waals surface area contributed by atoms with Crippen LogP contribution in [0.1, 0.15) is 47.0 Å². The summed E-state index contributed by atoms with van der Waals surface area (Å²) in [5.41, 5.74) is 0. The van der Waals surface area contributed by atoms with E-state index in [9.17, 15) is 14.4 Å². The number of hydrogen-bond donors (Lipinski definition) is 2. The van der Waals surface area contributed by atoms with Crippen molar-refractivity contribution < 1.29 is 23.4 Å². The molecule has 0 fully saturated rings. The Morgan fingerprint density at radius 1 is 1.00 bits per heavy atom. The Kier molecular flexibility index (Phi) is 9.78. The summed E-state index contributed by atoms with van der Waals surface area (Å²) in [5.74, 6) is 0. The van der Waals surface area contributed by atoms with Gasteiger partial charge in [-0.15, -0.1) is 0 Å². The molecular formula is C13H33NO5P2. The van der Waals surface area contributed by atoms with Crippen LogP contribution in [0.15, 0.2) is 0 Å². The second kappa shape index (κ2) is 9.57. The summed E-state index contributed by atoms with van der Waals surface area (Å²) < 4.78 is 23.4. The molecule has 2 N–H and O–H groups in total. The zero-order valence-electron chi connectivity index (χ0n) is 14.2. The van der Waals surface area contributed by atoms with Crippen molar-refractivity contribution in [1.82, 2.24) is 4.67 Å². The minimum absolute atomic E-state index is 0.105. The summed E-state index contributed by atoms with van der Waals surface area (Å²) in [4.78, 5) is 20.8. The fourth-order valence-corrected chi connectivity index (χ4v) is 6.42. The second-order valence-corrected chi connectivity index (χ2v) is 10.8. The number of hydrogen-bond acceptors (Lipinski definition) is 6. The fraction of sp³-hybridized carbons (Fsp3) is 1.00. The van der Waals surface area contributed by atoms with Crippen LogP contribution in [0, 0.1) is 0 Å². The molecule has 0 rings (SSSR count). The monoisotopic (exact) mass is 345 g/mol. The molecule has 0 aromatic rings. The summed E-state index contributed by atoms with van der Waals surface area (Å²) in [6.07, 6.45) is 2.92. The average Bonchev–Trinajstić information content (AvgIpc) is 2.36. The van der Waals surface area contributed by atoms with Gasteiger partial charge in [-0.05, 0) is 0 Å². The van der Waals surface area contributed by atoms with Crippen molar-refractivity contribution in [1.29, 1.82) is 0 Å². The van der Waals surface area contributed by atoms with Crippen molar-refractivity contribution in [2.24, 2.45) is 0 Å². The van der Waals surface area contributed by atoms with E-state index < -0.39 is 15.5 Å². The summed E-state index contributed by atoms with van der Waals surface area (Å²) in [7, 11) is -3.54. The summed E-state index contributed by atoms with van der Waals surface area (Å²) >= 11 is 0. The zero-order chi connectivity index (χ0) is 16.7. The number of unbranched alkanes of at least 4 members (excludes halogenated alkanes) is 2. The molecule has 0 radical (unpaired) electrons. The van der Waals surface area contributed by atoms with Crippen molar-refractivity contribution in [2.75, 3.05) is 26.5 Å². The van der Waals surface area contributed by atoms with Gasteiger partial charge in [0.15, 0.2) is 0 Å². The van der Waals surface area contributed by atoms with Crippen molar-refractivity contribution in [3.63, 3.8) is 0 Å². The van der Waals surface area contributed by atoms with Crippen LogP contribution in [0.5, 0.6) is 0 Å². The normalized spacial score (nSPS) is 14.4. The van der Waals surface area contributed by atoms with E-state index in [4.69, 9.17) is 9.05 Å². The third kappa shape index (κ3) is 7.51. The maximum absolute atomic E-state index is 11.9. The molecule has 0 saturated heterocycles. The van der Waals surface area contributed by atoms with E-state index in [0.29, 0.717) is 25.2 Å². The first-order valence-corrected chi connectivity index (χ1v) is 11.3. The fourth-order valence-electron chi connectivity index (χ4n) is 2.65. The van der Waals surface area contributed by atoms with Crippen LogP contribution < -0.4 is 0 Å². The van der Waals surface area contributed by atoms with E-state index in [1.165, 1.54) is 14.2 Å². The molecule has 0 amide bonds. The Balaban J connectivity index is 4.24. The second-order valence-electron chi connectivity index (χ2n) is 5.88. The predicted octanol–water partition coefficient (Wildman–Crippen LogP) is 3.24. The quantitative estimate of drug-likeness (QED) is 0.442. The molecule has 0 saturated carbocycles. The van der Waals surface area contributed by atoms with Gasteiger partial charge in [0.2, 0.25) is 0 Å². The SMILES string of the molecule is COP(=O)(CCCCC[PH](O)(O)N(C(C)C)C(C)C)OC. The van der Waals surface area contributed by atoms with E-state index in [0.717, 1.165) is 6.42 Å². The Bertz CT molecular complexity index is 321. The van der Waals surface area contributed by atoms with Gasteiger partial charge in [-0.2, -0.15) is 0 Å². The van der Waals surface area contributed by atoms with Crippen LogP contribution in [0.3, 0.4) is 0 Å². The molecule has 0 bridgehead atoms. The predicted molar refractivity (Wildman–Crippen MR) is 90.1 cm³/mol. The van der Waals surface area contributed by atoms with Gasteiger partial charge in [0.25, 0.3) is 0 Å². The Morgan fingerprint density at radius 3 is 1.86 bits per heavy atom. The van der Waals surface area contributed by atoms with Crippen LogP contribution in [0.4, 0.5) is 0 Å². The van der Waals surface area contributed by atoms with Crippen molar-refractivity contribution in [3.05, 3.63) is 0 Å². The third-order valence-electron chi connectivity index (χ3n) is 3.53. The minimum atomic E-state index is -3.37. The molecular weight excluding hydrogens is 312 g/mol. The molecule has 0 aliphatic rings. The van der Waals surface area contributed by atoms with Gasteiger partial charge < -0.3 is 0 Å². The first-order chi connectivity index (χ1) is 9.59. The molecule has 0 aliphatic carbocycles. The van der Waals surface area contributed by atoms with Crippen LogP contribution in [0.25, 0.3) is 0 Å². The van der Waals surface area contributed by atoms with Crippen LogP contribution in [-0.4, -0.2) is 53.1 Å². The zero-order valence-corrected chi connectivity index (χ0v) is 16.1. The topological polar surface area (TPSA) is 79.2 Å². The number of nitrogens with zero attached hydrogens (tertiary/aromatic N) is 1. The van der Waals surface area contributed by atoms with E-state index in [2.05, 4.69) is 0 Å². The van der Waals surface area contributed by atoms with Gasteiger partial charge in [0, 0.05) is 0 Å². The van der Waals surface area contributed by atoms with Crippen LogP contribution in [-0.2, 0) is 13.6 Å². The Labute approximate surface area is 129 Å². The molecule has 130 valence electrons. The van der Waals surface area contributed by atoms with Gasteiger partial charge in [-0.1, -0.05) is 0 Å². The molecule has 0 aromatic heterocycles. The molecule has 0 spiro atoms. The Morgan fingerprint density at radius 2 is 1.48 bits per heavy atom. The van der Waals surface area contributed by atoms with E-state index in [1.807, 2.05) is 32.4 Å². The third-order valence-corrected chi connectivity index (χ3v) is 8.39. The van der Waals surface area contributed by atoms with Crippen molar-refractivity contribution in [3.8, 4) is 0 Å². The molecule has 0 aromatic carbocycles. The van der Waals surface area contributed by atoms with Gasteiger partial charge in [0.1, 0.15) is 0 Å². The summed E-state index contributed by atoms with van der Waals surface area (Å²) in [6.45, 7) is 7.90. The molecule has 6 nitrogen and oxygen atoms in total. The van der Waals surface area contributed by atoms with Gasteiger partial charge in [-0.3, -0.25) is 0 Å². The van der Waals surface area contributed by atoms with Crippen LogP contribution in [0.2, 0.25) is 0 Å².